The van der Waals surface area contributed by atoms with Gasteiger partial charge in [0, 0.05) is 33.3 Å². The lowest BCUT2D eigenvalue weighted by atomic mass is 10.1. The number of hydrogen-bond donors (Lipinski definition) is 1. The van der Waals surface area contributed by atoms with Crippen LogP contribution in [0.25, 0.3) is 0 Å². The van der Waals surface area contributed by atoms with Gasteiger partial charge in [0.25, 0.3) is 0 Å². The van der Waals surface area contributed by atoms with E-state index in [4.69, 9.17) is 9.47 Å². The van der Waals surface area contributed by atoms with E-state index in [2.05, 4.69) is 22.1 Å². The highest BCUT2D eigenvalue weighted by Crippen LogP contribution is 2.17. The van der Waals surface area contributed by atoms with Gasteiger partial charge in [-0.25, -0.2) is 0 Å². The molecular formula is C18H36IN3O2. The lowest BCUT2D eigenvalue weighted by molar-refractivity contribution is -0.0721. The van der Waals surface area contributed by atoms with E-state index < -0.39 is 0 Å². The van der Waals surface area contributed by atoms with Gasteiger partial charge in [-0.1, -0.05) is 19.8 Å². The van der Waals surface area contributed by atoms with Crippen LogP contribution in [-0.2, 0) is 9.47 Å². The van der Waals surface area contributed by atoms with Crippen LogP contribution in [0.15, 0.2) is 4.99 Å². The Hall–Kier alpha value is -0.0800. The topological polar surface area (TPSA) is 46.1 Å². The minimum Gasteiger partial charge on any atom is -0.376 e. The summed E-state index contributed by atoms with van der Waals surface area (Å²) in [6.07, 6.45) is 10.3. The second-order valence-electron chi connectivity index (χ2n) is 6.69. The van der Waals surface area contributed by atoms with E-state index in [1.165, 1.54) is 32.1 Å². The Morgan fingerprint density at radius 3 is 2.62 bits per heavy atom. The van der Waals surface area contributed by atoms with Crippen LogP contribution >= 0.6 is 24.0 Å². The summed E-state index contributed by atoms with van der Waals surface area (Å²) in [6.45, 7) is 7.00. The number of guanidine groups is 1. The van der Waals surface area contributed by atoms with Crippen molar-refractivity contribution in [2.24, 2.45) is 4.99 Å². The molecule has 2 fully saturated rings. The average molecular weight is 453 g/mol. The standard InChI is InChI=1S/C18H35N3O2.HI/c1-3-4-6-11-20-18(19-2)21-12-9-16(10-13-21)23-15-17-8-5-7-14-22-17;/h16-17H,3-15H2,1-2H3,(H,19,20);1H. The van der Waals surface area contributed by atoms with Crippen LogP contribution in [0.3, 0.4) is 0 Å². The van der Waals surface area contributed by atoms with Crippen molar-refractivity contribution in [3.05, 3.63) is 0 Å². The molecule has 1 unspecified atom stereocenters. The van der Waals surface area contributed by atoms with Gasteiger partial charge < -0.3 is 19.7 Å². The van der Waals surface area contributed by atoms with Crippen LogP contribution in [-0.4, -0.2) is 63.0 Å². The third-order valence-electron chi connectivity index (χ3n) is 4.81. The van der Waals surface area contributed by atoms with Gasteiger partial charge in [-0.15, -0.1) is 24.0 Å². The maximum Gasteiger partial charge on any atom is 0.193 e. The lowest BCUT2D eigenvalue weighted by Crippen LogP contribution is -2.47. The Morgan fingerprint density at radius 1 is 1.21 bits per heavy atom. The second-order valence-corrected chi connectivity index (χ2v) is 6.69. The summed E-state index contributed by atoms with van der Waals surface area (Å²) >= 11 is 0. The fourth-order valence-corrected chi connectivity index (χ4v) is 3.32. The van der Waals surface area contributed by atoms with Gasteiger partial charge in [0.2, 0.25) is 0 Å². The average Bonchev–Trinajstić information content (AvgIpc) is 2.62. The number of hydrogen-bond acceptors (Lipinski definition) is 3. The van der Waals surface area contributed by atoms with Crippen LogP contribution in [0, 0.1) is 0 Å². The third kappa shape index (κ3) is 7.87. The number of halogens is 1. The number of nitrogens with zero attached hydrogens (tertiary/aromatic N) is 2. The molecule has 2 heterocycles. The number of aliphatic imine (C=N–C) groups is 1. The highest BCUT2D eigenvalue weighted by molar-refractivity contribution is 14.0. The molecule has 0 spiro atoms. The van der Waals surface area contributed by atoms with E-state index >= 15 is 0 Å². The van der Waals surface area contributed by atoms with Crippen molar-refractivity contribution >= 4 is 29.9 Å². The maximum atomic E-state index is 6.09. The van der Waals surface area contributed by atoms with Crippen molar-refractivity contribution in [1.82, 2.24) is 10.2 Å². The normalized spacial score (nSPS) is 23.0. The monoisotopic (exact) mass is 453 g/mol. The predicted molar refractivity (Wildman–Crippen MR) is 110 cm³/mol. The van der Waals surface area contributed by atoms with E-state index in [1.54, 1.807) is 0 Å². The molecule has 0 saturated carbocycles. The molecule has 2 aliphatic heterocycles. The molecule has 2 saturated heterocycles. The first-order valence-electron chi connectivity index (χ1n) is 9.52. The molecule has 142 valence electrons. The van der Waals surface area contributed by atoms with E-state index in [9.17, 15) is 0 Å². The Bertz CT molecular complexity index is 341. The number of likely N-dealkylation sites (tertiary alicyclic amines) is 1. The van der Waals surface area contributed by atoms with Gasteiger partial charge in [-0.2, -0.15) is 0 Å². The SMILES string of the molecule is CCCCCNC(=NC)N1CCC(OCC2CCCCO2)CC1.I. The van der Waals surface area contributed by atoms with Crippen LogP contribution in [0.4, 0.5) is 0 Å². The first kappa shape index (κ1) is 22.0. The molecular weight excluding hydrogens is 417 g/mol. The first-order chi connectivity index (χ1) is 11.3. The van der Waals surface area contributed by atoms with Gasteiger partial charge in [-0.05, 0) is 38.5 Å². The van der Waals surface area contributed by atoms with E-state index in [1.807, 2.05) is 7.05 Å². The van der Waals surface area contributed by atoms with Gasteiger partial charge >= 0.3 is 0 Å². The molecule has 2 aliphatic rings. The van der Waals surface area contributed by atoms with Crippen molar-refractivity contribution in [1.29, 1.82) is 0 Å². The zero-order chi connectivity index (χ0) is 16.3. The van der Waals surface area contributed by atoms with Crippen molar-refractivity contribution < 1.29 is 9.47 Å². The summed E-state index contributed by atoms with van der Waals surface area (Å²) in [5.74, 6) is 1.05. The number of rotatable bonds is 7. The third-order valence-corrected chi connectivity index (χ3v) is 4.81. The van der Waals surface area contributed by atoms with Crippen LogP contribution < -0.4 is 5.32 Å². The van der Waals surface area contributed by atoms with Gasteiger partial charge in [0.05, 0.1) is 18.8 Å². The Labute approximate surface area is 165 Å². The minimum atomic E-state index is 0. The van der Waals surface area contributed by atoms with Crippen molar-refractivity contribution in [2.75, 3.05) is 39.9 Å². The number of nitrogens with one attached hydrogen (secondary N) is 1. The van der Waals surface area contributed by atoms with Gasteiger partial charge in [0.15, 0.2) is 5.96 Å². The van der Waals surface area contributed by atoms with Crippen molar-refractivity contribution in [3.8, 4) is 0 Å². The molecule has 0 aromatic carbocycles. The predicted octanol–water partition coefficient (Wildman–Crippen LogP) is 3.42. The van der Waals surface area contributed by atoms with Crippen LogP contribution in [0.2, 0.25) is 0 Å². The molecule has 0 amide bonds. The second kappa shape index (κ2) is 13.2. The zero-order valence-corrected chi connectivity index (χ0v) is 17.8. The number of ether oxygens (including phenoxy) is 2. The number of piperidine rings is 1. The smallest absolute Gasteiger partial charge is 0.193 e. The molecule has 0 bridgehead atoms. The first-order valence-corrected chi connectivity index (χ1v) is 9.52. The summed E-state index contributed by atoms with van der Waals surface area (Å²) in [5, 5.41) is 3.49. The molecule has 1 atom stereocenters. The van der Waals surface area contributed by atoms with Crippen LogP contribution in [0.1, 0.15) is 58.3 Å². The van der Waals surface area contributed by atoms with E-state index in [0.717, 1.165) is 58.1 Å². The number of unbranched alkanes of at least 4 members (excludes halogenated alkanes) is 2. The molecule has 6 heteroatoms. The molecule has 24 heavy (non-hydrogen) atoms. The van der Waals surface area contributed by atoms with Gasteiger partial charge in [0.1, 0.15) is 0 Å². The largest absolute Gasteiger partial charge is 0.376 e. The molecule has 0 aliphatic carbocycles. The molecule has 0 aromatic rings. The summed E-state index contributed by atoms with van der Waals surface area (Å²) in [6, 6.07) is 0. The van der Waals surface area contributed by atoms with Crippen molar-refractivity contribution in [2.45, 2.75) is 70.5 Å². The Kier molecular flexibility index (Phi) is 12.0. The zero-order valence-electron chi connectivity index (χ0n) is 15.5. The fourth-order valence-electron chi connectivity index (χ4n) is 3.32. The molecule has 0 aromatic heterocycles. The maximum absolute atomic E-state index is 6.09. The summed E-state index contributed by atoms with van der Waals surface area (Å²) in [7, 11) is 1.88. The van der Waals surface area contributed by atoms with E-state index in [0.29, 0.717) is 12.2 Å². The quantitative estimate of drug-likeness (QED) is 0.278. The van der Waals surface area contributed by atoms with E-state index in [-0.39, 0.29) is 24.0 Å². The van der Waals surface area contributed by atoms with Crippen LogP contribution in [0.5, 0.6) is 0 Å². The molecule has 5 nitrogen and oxygen atoms in total. The van der Waals surface area contributed by atoms with Crippen molar-refractivity contribution in [3.63, 3.8) is 0 Å². The fraction of sp³-hybridized carbons (Fsp3) is 0.944. The summed E-state index contributed by atoms with van der Waals surface area (Å²) in [5.41, 5.74) is 0. The summed E-state index contributed by atoms with van der Waals surface area (Å²) < 4.78 is 11.8. The molecule has 1 N–H and O–H groups in total. The Balaban J connectivity index is 0.00000288. The minimum absolute atomic E-state index is 0. The summed E-state index contributed by atoms with van der Waals surface area (Å²) in [4.78, 5) is 6.79. The Morgan fingerprint density at radius 2 is 2.00 bits per heavy atom. The lowest BCUT2D eigenvalue weighted by Gasteiger charge is -2.35. The highest BCUT2D eigenvalue weighted by atomic mass is 127. The van der Waals surface area contributed by atoms with Gasteiger partial charge in [-0.3, -0.25) is 4.99 Å². The molecule has 0 radical (unpaired) electrons. The molecule has 2 rings (SSSR count). The highest BCUT2D eigenvalue weighted by Gasteiger charge is 2.23.